The number of nitrogens with one attached hydrogen (secondary N) is 1. The van der Waals surface area contributed by atoms with Crippen LogP contribution >= 0.6 is 0 Å². The van der Waals surface area contributed by atoms with Crippen LogP contribution in [-0.4, -0.2) is 26.0 Å². The number of amides is 2. The lowest BCUT2D eigenvalue weighted by molar-refractivity contribution is -0.135. The van der Waals surface area contributed by atoms with Gasteiger partial charge in [-0.05, 0) is 18.6 Å². The van der Waals surface area contributed by atoms with Crippen LogP contribution in [0.2, 0.25) is 0 Å². The van der Waals surface area contributed by atoms with E-state index in [1.165, 1.54) is 12.1 Å². The van der Waals surface area contributed by atoms with Crippen LogP contribution in [0.25, 0.3) is 0 Å². The molecule has 2 rings (SSSR count). The van der Waals surface area contributed by atoms with Crippen LogP contribution in [0.3, 0.4) is 0 Å². The van der Waals surface area contributed by atoms with Crippen molar-refractivity contribution in [3.63, 3.8) is 0 Å². The van der Waals surface area contributed by atoms with Crippen molar-refractivity contribution in [3.8, 4) is 0 Å². The van der Waals surface area contributed by atoms with Crippen molar-refractivity contribution in [1.29, 1.82) is 0 Å². The minimum atomic E-state index is -3.48. The summed E-state index contributed by atoms with van der Waals surface area (Å²) >= 11 is 0. The lowest BCUT2D eigenvalue weighted by Crippen LogP contribution is -2.43. The number of hydrogen-bond donors (Lipinski definition) is 1. The molecule has 1 N–H and O–H groups in total. The predicted molar refractivity (Wildman–Crippen MR) is 64.4 cm³/mol. The zero-order valence-electron chi connectivity index (χ0n) is 9.63. The fourth-order valence-electron chi connectivity index (χ4n) is 1.89. The molecule has 1 heterocycles. The molecule has 0 unspecified atom stereocenters. The van der Waals surface area contributed by atoms with Gasteiger partial charge in [-0.15, -0.1) is 0 Å². The summed E-state index contributed by atoms with van der Waals surface area (Å²) < 4.78 is 24.1. The Hall–Kier alpha value is -1.69. The number of carbonyl (C=O) groups excluding carboxylic acids is 2. The first-order valence-corrected chi connectivity index (χ1v) is 7.26. The van der Waals surface area contributed by atoms with Gasteiger partial charge in [0.15, 0.2) is 9.84 Å². The van der Waals surface area contributed by atoms with Gasteiger partial charge in [-0.2, -0.15) is 0 Å². The van der Waals surface area contributed by atoms with E-state index in [9.17, 15) is 18.0 Å². The van der Waals surface area contributed by atoms with E-state index in [0.717, 1.165) is 0 Å². The smallest absolute Gasteiger partial charge is 0.230 e. The highest BCUT2D eigenvalue weighted by Gasteiger charge is 2.31. The van der Waals surface area contributed by atoms with Gasteiger partial charge in [0.1, 0.15) is 0 Å². The second-order valence-electron chi connectivity index (χ2n) is 4.24. The fraction of sp³-hybridized carbons (Fsp3) is 0.333. The van der Waals surface area contributed by atoms with Crippen LogP contribution in [-0.2, 0) is 19.4 Å². The first kappa shape index (κ1) is 12.8. The minimum Gasteiger partial charge on any atom is -0.296 e. The second-order valence-corrected chi connectivity index (χ2v) is 6.28. The van der Waals surface area contributed by atoms with Crippen molar-refractivity contribution in [2.24, 2.45) is 5.92 Å². The highest BCUT2D eigenvalue weighted by atomic mass is 32.2. The van der Waals surface area contributed by atoms with Crippen molar-refractivity contribution in [3.05, 3.63) is 30.3 Å². The molecule has 18 heavy (non-hydrogen) atoms. The predicted octanol–water partition coefficient (Wildman–Crippen LogP) is 0.513. The van der Waals surface area contributed by atoms with Gasteiger partial charge >= 0.3 is 0 Å². The summed E-state index contributed by atoms with van der Waals surface area (Å²) in [5.41, 5.74) is 0. The maximum atomic E-state index is 12.1. The van der Waals surface area contributed by atoms with E-state index in [1.807, 2.05) is 0 Å². The molecule has 0 saturated carbocycles. The molecule has 1 saturated heterocycles. The molecule has 0 spiro atoms. The minimum absolute atomic E-state index is 0.195. The third-order valence-corrected chi connectivity index (χ3v) is 4.71. The number of carbonyl (C=O) groups is 2. The molecule has 96 valence electrons. The summed E-state index contributed by atoms with van der Waals surface area (Å²) in [6, 6.07) is 8.00. The molecule has 2 amide bonds. The van der Waals surface area contributed by atoms with Crippen molar-refractivity contribution in [2.75, 3.05) is 5.75 Å². The number of piperidine rings is 1. The zero-order valence-corrected chi connectivity index (χ0v) is 10.4. The van der Waals surface area contributed by atoms with E-state index in [-0.39, 0.29) is 29.4 Å². The standard InChI is InChI=1S/C12H13NO4S/c14-11-7-6-9(12(15)13-11)8-18(16,17)10-4-2-1-3-5-10/h1-5,9H,6-8H2,(H,13,14,15)/t9-/m1/s1. The van der Waals surface area contributed by atoms with Crippen molar-refractivity contribution in [1.82, 2.24) is 5.32 Å². The van der Waals surface area contributed by atoms with E-state index in [4.69, 9.17) is 0 Å². The quantitative estimate of drug-likeness (QED) is 0.809. The van der Waals surface area contributed by atoms with Gasteiger partial charge in [-0.3, -0.25) is 14.9 Å². The van der Waals surface area contributed by atoms with E-state index in [2.05, 4.69) is 5.32 Å². The third kappa shape index (κ3) is 2.76. The van der Waals surface area contributed by atoms with Crippen LogP contribution in [0.4, 0.5) is 0 Å². The monoisotopic (exact) mass is 267 g/mol. The number of hydrogen-bond acceptors (Lipinski definition) is 4. The highest BCUT2D eigenvalue weighted by molar-refractivity contribution is 7.91. The average Bonchev–Trinajstić information content (AvgIpc) is 2.34. The third-order valence-electron chi connectivity index (χ3n) is 2.88. The summed E-state index contributed by atoms with van der Waals surface area (Å²) in [6.07, 6.45) is 0.484. The lowest BCUT2D eigenvalue weighted by atomic mass is 10.0. The van der Waals surface area contributed by atoms with Crippen molar-refractivity contribution in [2.45, 2.75) is 17.7 Å². The van der Waals surface area contributed by atoms with Crippen LogP contribution in [0.15, 0.2) is 35.2 Å². The second kappa shape index (κ2) is 4.89. The van der Waals surface area contributed by atoms with Crippen LogP contribution in [0.5, 0.6) is 0 Å². The molecule has 1 atom stereocenters. The Kier molecular flexibility index (Phi) is 3.47. The molecule has 0 aliphatic carbocycles. The van der Waals surface area contributed by atoms with Crippen LogP contribution < -0.4 is 5.32 Å². The largest absolute Gasteiger partial charge is 0.296 e. The molecule has 1 aliphatic rings. The van der Waals surface area contributed by atoms with Crippen molar-refractivity contribution < 1.29 is 18.0 Å². The average molecular weight is 267 g/mol. The van der Waals surface area contributed by atoms with Gasteiger partial charge in [0.2, 0.25) is 11.8 Å². The highest BCUT2D eigenvalue weighted by Crippen LogP contribution is 2.19. The van der Waals surface area contributed by atoms with Crippen molar-refractivity contribution >= 4 is 21.7 Å². The molecule has 0 aromatic heterocycles. The van der Waals surface area contributed by atoms with E-state index >= 15 is 0 Å². The molecule has 1 aromatic carbocycles. The number of benzene rings is 1. The Morgan fingerprint density at radius 2 is 1.83 bits per heavy atom. The number of imide groups is 1. The Morgan fingerprint density at radius 1 is 1.17 bits per heavy atom. The summed E-state index contributed by atoms with van der Waals surface area (Å²) in [4.78, 5) is 22.7. The molecule has 6 heteroatoms. The van der Waals surface area contributed by atoms with Gasteiger partial charge < -0.3 is 0 Å². The SMILES string of the molecule is O=C1CC[C@H](CS(=O)(=O)c2ccccc2)C(=O)N1. The van der Waals surface area contributed by atoms with E-state index in [1.54, 1.807) is 18.2 Å². The summed E-state index contributed by atoms with van der Waals surface area (Å²) in [7, 11) is -3.48. The zero-order chi connectivity index (χ0) is 13.2. The summed E-state index contributed by atoms with van der Waals surface area (Å²) in [5, 5.41) is 2.16. The van der Waals surface area contributed by atoms with Gasteiger partial charge in [0, 0.05) is 6.42 Å². The van der Waals surface area contributed by atoms with Gasteiger partial charge in [0.05, 0.1) is 16.6 Å². The molecule has 0 bridgehead atoms. The normalized spacial score (nSPS) is 20.6. The number of sulfone groups is 1. The van der Waals surface area contributed by atoms with Crippen LogP contribution in [0, 0.1) is 5.92 Å². The summed E-state index contributed by atoms with van der Waals surface area (Å²) in [6.45, 7) is 0. The molecule has 0 radical (unpaired) electrons. The van der Waals surface area contributed by atoms with Crippen LogP contribution in [0.1, 0.15) is 12.8 Å². The first-order valence-electron chi connectivity index (χ1n) is 5.60. The summed E-state index contributed by atoms with van der Waals surface area (Å²) in [5.74, 6) is -1.73. The molecule has 5 nitrogen and oxygen atoms in total. The maximum Gasteiger partial charge on any atom is 0.230 e. The lowest BCUT2D eigenvalue weighted by Gasteiger charge is -2.20. The Labute approximate surface area is 105 Å². The fourth-order valence-corrected chi connectivity index (χ4v) is 3.50. The number of rotatable bonds is 3. The molecular formula is C12H13NO4S. The molecule has 1 fully saturated rings. The topological polar surface area (TPSA) is 80.3 Å². The van der Waals surface area contributed by atoms with E-state index < -0.39 is 21.7 Å². The van der Waals surface area contributed by atoms with E-state index in [0.29, 0.717) is 0 Å². The Morgan fingerprint density at radius 3 is 2.44 bits per heavy atom. The maximum absolute atomic E-state index is 12.1. The first-order chi connectivity index (χ1) is 8.49. The molecule has 1 aromatic rings. The molecular weight excluding hydrogens is 254 g/mol. The molecule has 1 aliphatic heterocycles. The Bertz CT molecular complexity index is 565. The van der Waals surface area contributed by atoms with Gasteiger partial charge in [0.25, 0.3) is 0 Å². The van der Waals surface area contributed by atoms with Gasteiger partial charge in [-0.1, -0.05) is 18.2 Å². The Balaban J connectivity index is 2.14. The van der Waals surface area contributed by atoms with Gasteiger partial charge in [-0.25, -0.2) is 8.42 Å².